The molecule has 0 bridgehead atoms. The van der Waals surface area contributed by atoms with Crippen LogP contribution in [-0.4, -0.2) is 11.0 Å². The van der Waals surface area contributed by atoms with E-state index >= 15 is 0 Å². The summed E-state index contributed by atoms with van der Waals surface area (Å²) in [5.41, 5.74) is 0.977. The Balaban J connectivity index is 2.26. The maximum atomic E-state index is 11.3. The van der Waals surface area contributed by atoms with Crippen molar-refractivity contribution in [3.63, 3.8) is 0 Å². The van der Waals surface area contributed by atoms with E-state index in [2.05, 4.69) is 15.6 Å². The number of hydrogen-bond donors (Lipinski definition) is 2. The fourth-order valence-corrected chi connectivity index (χ4v) is 1.05. The van der Waals surface area contributed by atoms with Gasteiger partial charge in [0.25, 0.3) is 0 Å². The number of nitrogens with one attached hydrogen (secondary N) is 2. The Morgan fingerprint density at radius 3 is 3.00 bits per heavy atom. The van der Waals surface area contributed by atoms with Gasteiger partial charge in [0.05, 0.1) is 0 Å². The van der Waals surface area contributed by atoms with Gasteiger partial charge in [-0.2, -0.15) is 0 Å². The van der Waals surface area contributed by atoms with Crippen molar-refractivity contribution in [3.8, 4) is 0 Å². The van der Waals surface area contributed by atoms with E-state index in [9.17, 15) is 4.79 Å². The lowest BCUT2D eigenvalue weighted by atomic mass is 10.2. The molecule has 1 aromatic heterocycles. The molecule has 0 aliphatic carbocycles. The number of hydrogen-bond acceptors (Lipinski definition) is 2. The van der Waals surface area contributed by atoms with Crippen molar-refractivity contribution in [2.75, 3.05) is 0 Å². The summed E-state index contributed by atoms with van der Waals surface area (Å²) in [6.07, 6.45) is 7.01. The van der Waals surface area contributed by atoms with Crippen LogP contribution in [-0.2, 0) is 6.54 Å². The molecule has 0 atom stereocenters. The summed E-state index contributed by atoms with van der Waals surface area (Å²) in [6.45, 7) is 4.58. The minimum atomic E-state index is -0.208. The van der Waals surface area contributed by atoms with Gasteiger partial charge in [0.15, 0.2) is 0 Å². The third-order valence-corrected chi connectivity index (χ3v) is 1.87. The first-order valence-electron chi connectivity index (χ1n) is 5.28. The summed E-state index contributed by atoms with van der Waals surface area (Å²) in [4.78, 5) is 15.3. The van der Waals surface area contributed by atoms with Crippen LogP contribution in [0.25, 0.3) is 0 Å². The van der Waals surface area contributed by atoms with Crippen molar-refractivity contribution >= 4 is 6.03 Å². The number of pyridine rings is 1. The molecule has 0 aliphatic heterocycles. The molecule has 0 saturated carbocycles. The second kappa shape index (κ2) is 6.61. The van der Waals surface area contributed by atoms with Crippen molar-refractivity contribution in [2.24, 2.45) is 5.92 Å². The Morgan fingerprint density at radius 2 is 2.38 bits per heavy atom. The highest BCUT2D eigenvalue weighted by Crippen LogP contribution is 1.94. The number of amides is 2. The summed E-state index contributed by atoms with van der Waals surface area (Å²) in [5, 5.41) is 5.36. The lowest BCUT2D eigenvalue weighted by Crippen LogP contribution is -2.31. The fraction of sp³-hybridized carbons (Fsp3) is 0.333. The number of aromatic nitrogens is 1. The molecule has 0 unspecified atom stereocenters. The van der Waals surface area contributed by atoms with Gasteiger partial charge in [-0.1, -0.05) is 26.0 Å². The largest absolute Gasteiger partial charge is 0.334 e. The molecule has 16 heavy (non-hydrogen) atoms. The monoisotopic (exact) mass is 219 g/mol. The summed E-state index contributed by atoms with van der Waals surface area (Å²) in [5.74, 6) is 0.429. The molecule has 0 spiro atoms. The first-order valence-corrected chi connectivity index (χ1v) is 5.28. The zero-order valence-electron chi connectivity index (χ0n) is 9.60. The van der Waals surface area contributed by atoms with E-state index in [1.807, 2.05) is 32.1 Å². The van der Waals surface area contributed by atoms with Crippen molar-refractivity contribution in [1.82, 2.24) is 15.6 Å². The average molecular weight is 219 g/mol. The van der Waals surface area contributed by atoms with Gasteiger partial charge in [0, 0.05) is 25.1 Å². The highest BCUT2D eigenvalue weighted by Gasteiger charge is 1.97. The van der Waals surface area contributed by atoms with Crippen LogP contribution in [0.5, 0.6) is 0 Å². The highest BCUT2D eigenvalue weighted by atomic mass is 16.2. The van der Waals surface area contributed by atoms with Crippen LogP contribution in [0.1, 0.15) is 19.4 Å². The molecule has 0 radical (unpaired) electrons. The Morgan fingerprint density at radius 1 is 1.56 bits per heavy atom. The molecule has 4 heteroatoms. The number of urea groups is 1. The minimum absolute atomic E-state index is 0.208. The maximum Gasteiger partial charge on any atom is 0.319 e. The van der Waals surface area contributed by atoms with Gasteiger partial charge < -0.3 is 10.6 Å². The van der Waals surface area contributed by atoms with Crippen molar-refractivity contribution in [3.05, 3.63) is 42.4 Å². The SMILES string of the molecule is CC(C)/C=C/NC(=O)NCc1cccnc1. The van der Waals surface area contributed by atoms with Gasteiger partial charge in [-0.25, -0.2) is 4.79 Å². The summed E-state index contributed by atoms with van der Waals surface area (Å²) >= 11 is 0. The number of nitrogens with zero attached hydrogens (tertiary/aromatic N) is 1. The Hall–Kier alpha value is -1.84. The van der Waals surface area contributed by atoms with Gasteiger partial charge in [0.1, 0.15) is 0 Å². The molecule has 2 N–H and O–H groups in total. The molecule has 2 amide bonds. The van der Waals surface area contributed by atoms with Crippen LogP contribution in [0.2, 0.25) is 0 Å². The van der Waals surface area contributed by atoms with Crippen LogP contribution >= 0.6 is 0 Å². The zero-order chi connectivity index (χ0) is 11.8. The molecular weight excluding hydrogens is 202 g/mol. The average Bonchev–Trinajstić information content (AvgIpc) is 2.27. The van der Waals surface area contributed by atoms with Crippen molar-refractivity contribution in [2.45, 2.75) is 20.4 Å². The quantitative estimate of drug-likeness (QED) is 0.814. The van der Waals surface area contributed by atoms with Gasteiger partial charge in [-0.05, 0) is 17.5 Å². The summed E-state index contributed by atoms with van der Waals surface area (Å²) in [6, 6.07) is 3.55. The number of rotatable bonds is 4. The lowest BCUT2D eigenvalue weighted by molar-refractivity contribution is 0.243. The smallest absolute Gasteiger partial charge is 0.319 e. The third-order valence-electron chi connectivity index (χ3n) is 1.87. The van der Waals surface area contributed by atoms with E-state index in [4.69, 9.17) is 0 Å². The number of carbonyl (C=O) groups excluding carboxylic acids is 1. The maximum absolute atomic E-state index is 11.3. The molecule has 0 aliphatic rings. The molecule has 1 aromatic rings. The minimum Gasteiger partial charge on any atom is -0.334 e. The van der Waals surface area contributed by atoms with Gasteiger partial charge >= 0.3 is 6.03 Å². The van der Waals surface area contributed by atoms with E-state index in [1.165, 1.54) is 0 Å². The second-order valence-electron chi connectivity index (χ2n) is 3.79. The zero-order valence-corrected chi connectivity index (χ0v) is 9.60. The Labute approximate surface area is 95.8 Å². The molecular formula is C12H17N3O. The Bertz CT molecular complexity index is 347. The number of allylic oxidation sites excluding steroid dienone is 1. The van der Waals surface area contributed by atoms with Gasteiger partial charge in [-0.15, -0.1) is 0 Å². The second-order valence-corrected chi connectivity index (χ2v) is 3.79. The molecule has 86 valence electrons. The molecule has 0 fully saturated rings. The van der Waals surface area contributed by atoms with E-state index < -0.39 is 0 Å². The normalized spacial score (nSPS) is 10.7. The first-order chi connectivity index (χ1) is 7.68. The van der Waals surface area contributed by atoms with E-state index in [0.29, 0.717) is 12.5 Å². The lowest BCUT2D eigenvalue weighted by Gasteiger charge is -2.04. The summed E-state index contributed by atoms with van der Waals surface area (Å²) in [7, 11) is 0. The van der Waals surface area contributed by atoms with Crippen LogP contribution in [0.4, 0.5) is 4.79 Å². The fourth-order valence-electron chi connectivity index (χ4n) is 1.05. The highest BCUT2D eigenvalue weighted by molar-refractivity contribution is 5.74. The third kappa shape index (κ3) is 5.14. The van der Waals surface area contributed by atoms with Gasteiger partial charge in [-0.3, -0.25) is 4.98 Å². The predicted molar refractivity (Wildman–Crippen MR) is 63.6 cm³/mol. The van der Waals surface area contributed by atoms with Crippen LogP contribution in [0, 0.1) is 5.92 Å². The van der Waals surface area contributed by atoms with Crippen LogP contribution in [0.15, 0.2) is 36.8 Å². The molecule has 0 aromatic carbocycles. The Kier molecular flexibility index (Phi) is 5.05. The van der Waals surface area contributed by atoms with E-state index in [-0.39, 0.29) is 6.03 Å². The predicted octanol–water partition coefficient (Wildman–Crippen LogP) is 2.05. The first kappa shape index (κ1) is 12.2. The van der Waals surface area contributed by atoms with Crippen LogP contribution in [0.3, 0.4) is 0 Å². The van der Waals surface area contributed by atoms with E-state index in [1.54, 1.807) is 18.6 Å². The molecule has 4 nitrogen and oxygen atoms in total. The van der Waals surface area contributed by atoms with Crippen molar-refractivity contribution in [1.29, 1.82) is 0 Å². The molecule has 0 saturated heterocycles. The number of carbonyl (C=O) groups is 1. The van der Waals surface area contributed by atoms with Crippen LogP contribution < -0.4 is 10.6 Å². The standard InChI is InChI=1S/C12H17N3O/c1-10(2)5-7-14-12(16)15-9-11-4-3-6-13-8-11/h3-8,10H,9H2,1-2H3,(H2,14,15,16)/b7-5+. The van der Waals surface area contributed by atoms with Crippen molar-refractivity contribution < 1.29 is 4.79 Å². The summed E-state index contributed by atoms with van der Waals surface area (Å²) < 4.78 is 0. The van der Waals surface area contributed by atoms with E-state index in [0.717, 1.165) is 5.56 Å². The topological polar surface area (TPSA) is 54.0 Å². The molecule has 1 rings (SSSR count). The van der Waals surface area contributed by atoms with Gasteiger partial charge in [0.2, 0.25) is 0 Å². The molecule has 1 heterocycles.